The molecule has 0 aliphatic rings. The second kappa shape index (κ2) is 5.27. The van der Waals surface area contributed by atoms with Crippen LogP contribution in [0, 0.1) is 11.6 Å². The average Bonchev–Trinajstić information content (AvgIpc) is 2.32. The maximum absolute atomic E-state index is 13.3. The number of carbonyl (C=O) groups is 1. The van der Waals surface area contributed by atoms with Crippen molar-refractivity contribution in [3.63, 3.8) is 0 Å². The van der Waals surface area contributed by atoms with Crippen LogP contribution in [0.15, 0.2) is 46.9 Å². The molecule has 1 amide bonds. The van der Waals surface area contributed by atoms with Gasteiger partial charge in [0.25, 0.3) is 5.91 Å². The molecular formula is C13H8BrF2NO. The van der Waals surface area contributed by atoms with Gasteiger partial charge in [0.15, 0.2) is 0 Å². The number of hydrogen-bond donors (Lipinski definition) is 1. The Labute approximate surface area is 111 Å². The van der Waals surface area contributed by atoms with E-state index in [2.05, 4.69) is 21.2 Å². The molecule has 0 heterocycles. The number of amides is 1. The molecule has 0 aromatic heterocycles. The number of para-hydroxylation sites is 1. The summed E-state index contributed by atoms with van der Waals surface area (Å²) in [7, 11) is 0. The summed E-state index contributed by atoms with van der Waals surface area (Å²) in [5.74, 6) is -1.49. The van der Waals surface area contributed by atoms with E-state index in [-0.39, 0.29) is 11.3 Å². The Balaban J connectivity index is 2.25. The van der Waals surface area contributed by atoms with Gasteiger partial charge in [-0.2, -0.15) is 0 Å². The van der Waals surface area contributed by atoms with Crippen LogP contribution in [0.5, 0.6) is 0 Å². The lowest BCUT2D eigenvalue weighted by molar-refractivity contribution is 0.102. The molecule has 0 atom stereocenters. The summed E-state index contributed by atoms with van der Waals surface area (Å²) in [4.78, 5) is 11.9. The topological polar surface area (TPSA) is 29.1 Å². The summed E-state index contributed by atoms with van der Waals surface area (Å²) in [5.41, 5.74) is 0.318. The van der Waals surface area contributed by atoms with E-state index in [0.717, 1.165) is 0 Å². The second-order valence-corrected chi connectivity index (χ2v) is 4.41. The van der Waals surface area contributed by atoms with Gasteiger partial charge in [-0.25, -0.2) is 8.78 Å². The molecule has 2 aromatic carbocycles. The zero-order chi connectivity index (χ0) is 13.1. The number of benzene rings is 2. The summed E-state index contributed by atoms with van der Waals surface area (Å²) in [6.45, 7) is 0. The van der Waals surface area contributed by atoms with Crippen molar-refractivity contribution in [2.75, 3.05) is 5.32 Å². The number of carbonyl (C=O) groups excluding carboxylic acids is 1. The molecule has 0 aliphatic carbocycles. The Morgan fingerprint density at radius 2 is 1.83 bits per heavy atom. The molecule has 0 bridgehead atoms. The van der Waals surface area contributed by atoms with Gasteiger partial charge < -0.3 is 5.32 Å². The molecule has 18 heavy (non-hydrogen) atoms. The minimum Gasteiger partial charge on any atom is -0.319 e. The van der Waals surface area contributed by atoms with Crippen molar-refractivity contribution in [2.45, 2.75) is 0 Å². The van der Waals surface area contributed by atoms with Gasteiger partial charge in [-0.1, -0.05) is 12.1 Å². The number of halogens is 3. The van der Waals surface area contributed by atoms with Crippen molar-refractivity contribution in [1.29, 1.82) is 0 Å². The zero-order valence-corrected chi connectivity index (χ0v) is 10.7. The Hall–Kier alpha value is -1.75. The first-order chi connectivity index (χ1) is 8.58. The lowest BCUT2D eigenvalue weighted by Gasteiger charge is -2.07. The number of nitrogens with one attached hydrogen (secondary N) is 1. The maximum atomic E-state index is 13.3. The number of hydrogen-bond acceptors (Lipinski definition) is 1. The predicted octanol–water partition coefficient (Wildman–Crippen LogP) is 3.98. The molecule has 0 aliphatic heterocycles. The summed E-state index contributed by atoms with van der Waals surface area (Å²) in [6.07, 6.45) is 0. The molecule has 0 fully saturated rings. The van der Waals surface area contributed by atoms with Crippen LogP contribution in [-0.2, 0) is 0 Å². The fourth-order valence-electron chi connectivity index (χ4n) is 1.43. The van der Waals surface area contributed by atoms with Crippen molar-refractivity contribution in [1.82, 2.24) is 0 Å². The third-order valence-corrected chi connectivity index (χ3v) is 2.95. The van der Waals surface area contributed by atoms with E-state index >= 15 is 0 Å². The highest BCUT2D eigenvalue weighted by molar-refractivity contribution is 9.10. The van der Waals surface area contributed by atoms with Crippen molar-refractivity contribution in [3.05, 3.63) is 64.1 Å². The zero-order valence-electron chi connectivity index (χ0n) is 9.08. The van der Waals surface area contributed by atoms with Crippen molar-refractivity contribution < 1.29 is 13.6 Å². The molecule has 2 nitrogen and oxygen atoms in total. The normalized spacial score (nSPS) is 10.2. The Kier molecular flexibility index (Phi) is 3.72. The van der Waals surface area contributed by atoms with Crippen LogP contribution in [0.4, 0.5) is 14.5 Å². The molecule has 0 unspecified atom stereocenters. The Morgan fingerprint density at radius 1 is 1.11 bits per heavy atom. The number of rotatable bonds is 2. The largest absolute Gasteiger partial charge is 0.319 e. The van der Waals surface area contributed by atoms with Gasteiger partial charge in [0.2, 0.25) is 0 Å². The minimum absolute atomic E-state index is 0.0822. The van der Waals surface area contributed by atoms with Crippen LogP contribution in [0.25, 0.3) is 0 Å². The monoisotopic (exact) mass is 311 g/mol. The molecular weight excluding hydrogens is 304 g/mol. The first-order valence-corrected chi connectivity index (χ1v) is 5.88. The maximum Gasteiger partial charge on any atom is 0.256 e. The van der Waals surface area contributed by atoms with Gasteiger partial charge >= 0.3 is 0 Å². The van der Waals surface area contributed by atoms with Crippen LogP contribution in [0.3, 0.4) is 0 Å². The summed E-state index contributed by atoms with van der Waals surface area (Å²) >= 11 is 3.09. The lowest BCUT2D eigenvalue weighted by atomic mass is 10.2. The van der Waals surface area contributed by atoms with Crippen LogP contribution in [0.1, 0.15) is 10.4 Å². The smallest absolute Gasteiger partial charge is 0.256 e. The van der Waals surface area contributed by atoms with Crippen LogP contribution >= 0.6 is 15.9 Å². The Morgan fingerprint density at radius 3 is 2.50 bits per heavy atom. The van der Waals surface area contributed by atoms with E-state index in [1.54, 1.807) is 6.07 Å². The quantitative estimate of drug-likeness (QED) is 0.893. The summed E-state index contributed by atoms with van der Waals surface area (Å²) < 4.78 is 26.5. The molecule has 0 saturated heterocycles. The van der Waals surface area contributed by atoms with Crippen molar-refractivity contribution >= 4 is 27.5 Å². The van der Waals surface area contributed by atoms with Gasteiger partial charge in [0.05, 0.1) is 11.3 Å². The molecule has 5 heteroatoms. The third kappa shape index (κ3) is 2.73. The first-order valence-electron chi connectivity index (χ1n) is 5.09. The molecule has 2 rings (SSSR count). The highest BCUT2D eigenvalue weighted by Crippen LogP contribution is 2.20. The highest BCUT2D eigenvalue weighted by Gasteiger charge is 2.12. The standard InChI is InChI=1S/C13H8BrF2NO/c14-10-7-8(15)5-6-9(10)13(18)17-12-4-2-1-3-11(12)16/h1-7H,(H,17,18). The Bertz CT molecular complexity index is 601. The SMILES string of the molecule is O=C(Nc1ccccc1F)c1ccc(F)cc1Br. The van der Waals surface area contributed by atoms with Crippen molar-refractivity contribution in [3.8, 4) is 0 Å². The van der Waals surface area contributed by atoms with E-state index in [0.29, 0.717) is 4.47 Å². The van der Waals surface area contributed by atoms with Gasteiger partial charge in [-0.15, -0.1) is 0 Å². The molecule has 0 radical (unpaired) electrons. The fraction of sp³-hybridized carbons (Fsp3) is 0. The number of anilines is 1. The second-order valence-electron chi connectivity index (χ2n) is 3.56. The average molecular weight is 312 g/mol. The van der Waals surface area contributed by atoms with E-state index in [1.807, 2.05) is 0 Å². The molecule has 0 saturated carbocycles. The van der Waals surface area contributed by atoms with Crippen molar-refractivity contribution in [2.24, 2.45) is 0 Å². The molecule has 2 aromatic rings. The van der Waals surface area contributed by atoms with Crippen LogP contribution in [0.2, 0.25) is 0 Å². The lowest BCUT2D eigenvalue weighted by Crippen LogP contribution is -2.13. The van der Waals surface area contributed by atoms with Gasteiger partial charge in [-0.05, 0) is 46.3 Å². The van der Waals surface area contributed by atoms with E-state index < -0.39 is 17.5 Å². The van der Waals surface area contributed by atoms with Crippen LogP contribution < -0.4 is 5.32 Å². The van der Waals surface area contributed by atoms with Gasteiger partial charge in [-0.3, -0.25) is 4.79 Å². The van der Waals surface area contributed by atoms with Gasteiger partial charge in [0, 0.05) is 4.47 Å². The van der Waals surface area contributed by atoms with E-state index in [4.69, 9.17) is 0 Å². The fourth-order valence-corrected chi connectivity index (χ4v) is 1.96. The van der Waals surface area contributed by atoms with Crippen LogP contribution in [-0.4, -0.2) is 5.91 Å². The highest BCUT2D eigenvalue weighted by atomic mass is 79.9. The predicted molar refractivity (Wildman–Crippen MR) is 68.5 cm³/mol. The van der Waals surface area contributed by atoms with E-state index in [9.17, 15) is 13.6 Å². The summed E-state index contributed by atoms with van der Waals surface area (Å²) in [6, 6.07) is 9.50. The third-order valence-electron chi connectivity index (χ3n) is 2.30. The summed E-state index contributed by atoms with van der Waals surface area (Å²) in [5, 5.41) is 2.42. The first kappa shape index (κ1) is 12.7. The minimum atomic E-state index is -0.524. The molecule has 1 N–H and O–H groups in total. The van der Waals surface area contributed by atoms with E-state index in [1.165, 1.54) is 36.4 Å². The van der Waals surface area contributed by atoms with Gasteiger partial charge in [0.1, 0.15) is 11.6 Å². The molecule has 0 spiro atoms. The molecule has 92 valence electrons.